The van der Waals surface area contributed by atoms with Crippen molar-refractivity contribution in [2.75, 3.05) is 64.7 Å². The number of rotatable bonds is 12. The van der Waals surface area contributed by atoms with E-state index in [4.69, 9.17) is 14.8 Å². The minimum absolute atomic E-state index is 0.0756. The molecule has 2 aromatic carbocycles. The highest BCUT2D eigenvalue weighted by molar-refractivity contribution is 6.08. The van der Waals surface area contributed by atoms with Crippen molar-refractivity contribution in [3.8, 4) is 39.3 Å². The number of nitrogens with one attached hydrogen (secondary N) is 5. The van der Waals surface area contributed by atoms with Crippen LogP contribution in [0.25, 0.3) is 67.0 Å². The molecule has 10 aromatic heterocycles. The SMILES string of the molecule is CC(C)(O)[C@H]1CCCN(c2ccc(Nc3ccc(-c4cnc5cnccn45)c4c3C(=O)NC4)nc2)C1.Cn1ccc2c(-c3ccc(-n4ccc(N5CCC(O)CC5)n4)c4c3CNC4=O)ccnc21.Cn1ccc2c(-c3ncc(Nc4ccc(N5C[C@@H]6C[C@H]5CO6)cn4)c4c3CNC4=O)ccnc21. The van der Waals surface area contributed by atoms with Crippen molar-refractivity contribution in [1.29, 1.82) is 0 Å². The molecule has 2 bridgehead atoms. The molecule has 102 heavy (non-hydrogen) atoms. The first-order chi connectivity index (χ1) is 49.6. The van der Waals surface area contributed by atoms with E-state index in [0.717, 1.165) is 178 Å². The van der Waals surface area contributed by atoms with Crippen LogP contribution in [-0.2, 0) is 38.5 Å². The Kier molecular flexibility index (Phi) is 16.2. The van der Waals surface area contributed by atoms with Gasteiger partial charge in [0.2, 0.25) is 0 Å². The average Bonchev–Trinajstić information content (AvgIpc) is 1.59. The zero-order chi connectivity index (χ0) is 69.5. The topological polar surface area (TPSA) is 293 Å². The summed E-state index contributed by atoms with van der Waals surface area (Å²) in [4.78, 5) is 76.9. The van der Waals surface area contributed by atoms with Crippen LogP contribution in [0, 0.1) is 5.92 Å². The molecule has 4 saturated heterocycles. The number of carbonyl (C=O) groups is 3. The van der Waals surface area contributed by atoms with E-state index in [9.17, 15) is 24.6 Å². The van der Waals surface area contributed by atoms with Crippen LogP contribution in [0.1, 0.15) is 93.7 Å². The Labute approximate surface area is 586 Å². The Balaban J connectivity index is 0.000000114. The number of ether oxygens (including phenoxy) is 1. The minimum Gasteiger partial charge on any atom is -0.393 e. The molecule has 0 saturated carbocycles. The molecule has 3 atom stereocenters. The maximum Gasteiger partial charge on any atom is 0.254 e. The number of imidazole rings is 1. The zero-order valence-corrected chi connectivity index (χ0v) is 56.9. The number of nitrogens with zero attached hydrogens (tertiary/aromatic N) is 15. The van der Waals surface area contributed by atoms with Gasteiger partial charge in [-0.1, -0.05) is 12.1 Å². The average molecular weight is 1370 g/mol. The lowest BCUT2D eigenvalue weighted by atomic mass is 9.84. The molecule has 516 valence electrons. The van der Waals surface area contributed by atoms with Crippen LogP contribution < -0.4 is 41.3 Å². The Morgan fingerprint density at radius 3 is 1.94 bits per heavy atom. The van der Waals surface area contributed by atoms with Crippen molar-refractivity contribution >= 4 is 85.6 Å². The molecular weight excluding hydrogens is 1290 g/mol. The largest absolute Gasteiger partial charge is 0.393 e. The van der Waals surface area contributed by atoms with E-state index in [1.807, 2.05) is 152 Å². The van der Waals surface area contributed by atoms with Crippen molar-refractivity contribution in [3.05, 3.63) is 187 Å². The van der Waals surface area contributed by atoms with E-state index < -0.39 is 5.60 Å². The Morgan fingerprint density at radius 1 is 0.578 bits per heavy atom. The maximum absolute atomic E-state index is 12.8. The van der Waals surface area contributed by atoms with E-state index in [0.29, 0.717) is 65.8 Å². The zero-order valence-electron chi connectivity index (χ0n) is 56.9. The van der Waals surface area contributed by atoms with Crippen LogP contribution in [-0.4, -0.2) is 149 Å². The minimum atomic E-state index is -0.694. The molecule has 26 nitrogen and oxygen atoms in total. The van der Waals surface area contributed by atoms with Gasteiger partial charge in [-0.15, -0.1) is 0 Å². The number of carbonyl (C=O) groups excluding carboxylic acids is 3. The highest BCUT2D eigenvalue weighted by atomic mass is 16.5. The predicted molar refractivity (Wildman–Crippen MR) is 388 cm³/mol. The first kappa shape index (κ1) is 63.8. The van der Waals surface area contributed by atoms with Crippen LogP contribution in [0.3, 0.4) is 0 Å². The highest BCUT2D eigenvalue weighted by Crippen LogP contribution is 2.41. The summed E-state index contributed by atoms with van der Waals surface area (Å²) in [7, 11) is 3.95. The normalized spacial score (nSPS) is 18.4. The quantitative estimate of drug-likeness (QED) is 0.0599. The number of fused-ring (bicyclic) bond motifs is 8. The molecule has 3 amide bonds. The molecule has 7 aliphatic rings. The standard InChI is InChI=1S/C27H29N7O2.C25H23N7O2.C24H24N6O2/c1-27(2,36)17-4-3-10-33(16-17)18-5-8-23(29-12-18)32-21-7-6-19(20-13-31-26(35)25(20)21)22-14-30-24-15-28-9-11-34(22)24;1-31-7-5-18-17(4-6-26-24(18)31)23-19-10-29-25(33)22(19)20(11-28-23)30-21-3-2-14(9-27-21)32-12-16-8-15(32)13-34-16;1-28-10-7-18-17(4-9-25-23(18)28)16-2-3-20(22-19(16)14-26-24(22)32)30-13-8-21(27-30)29-11-5-15(31)6-12-29/h5-9,11-12,14-15,17,36H,3-4,10,13,16H2,1-2H3,(H,29,32)(H,31,35);2-7,9,11,15-16H,8,10,12-13H2,1H3,(H,27,30)(H,29,33);2-4,7-10,13,15,31H,5-6,11-12,14H2,1H3,(H,26,32)/t17-;15-,16-;/m00./s1. The van der Waals surface area contributed by atoms with Gasteiger partial charge in [0, 0.05) is 149 Å². The van der Waals surface area contributed by atoms with Crippen LogP contribution >= 0.6 is 0 Å². The Hall–Kier alpha value is -11.6. The third-order valence-electron chi connectivity index (χ3n) is 21.1. The first-order valence-corrected chi connectivity index (χ1v) is 34.7. The maximum atomic E-state index is 12.8. The molecule has 7 aliphatic heterocycles. The number of aromatic nitrogens is 12. The van der Waals surface area contributed by atoms with Crippen molar-refractivity contribution in [3.63, 3.8) is 0 Å². The second-order valence-electron chi connectivity index (χ2n) is 27.7. The summed E-state index contributed by atoms with van der Waals surface area (Å²) in [6, 6.07) is 26.5. The molecule has 0 spiro atoms. The van der Waals surface area contributed by atoms with Crippen LogP contribution in [0.4, 0.5) is 40.2 Å². The number of hydrogen-bond acceptors (Lipinski definition) is 19. The number of morpholine rings is 1. The van der Waals surface area contributed by atoms with E-state index in [-0.39, 0.29) is 29.7 Å². The summed E-state index contributed by atoms with van der Waals surface area (Å²) < 4.78 is 13.4. The molecule has 12 aromatic rings. The van der Waals surface area contributed by atoms with Gasteiger partial charge in [0.25, 0.3) is 17.7 Å². The Bertz CT molecular complexity index is 5260. The summed E-state index contributed by atoms with van der Waals surface area (Å²) in [5.74, 6) is 2.16. The van der Waals surface area contributed by atoms with Crippen LogP contribution in [0.5, 0.6) is 0 Å². The molecule has 19 rings (SSSR count). The number of benzene rings is 2. The Morgan fingerprint density at radius 2 is 1.25 bits per heavy atom. The van der Waals surface area contributed by atoms with Gasteiger partial charge in [-0.3, -0.25) is 28.8 Å². The first-order valence-electron chi connectivity index (χ1n) is 34.7. The van der Waals surface area contributed by atoms with E-state index in [1.54, 1.807) is 29.5 Å². The van der Waals surface area contributed by atoms with Gasteiger partial charge in [0.15, 0.2) is 11.5 Å². The predicted octanol–water partition coefficient (Wildman–Crippen LogP) is 9.39. The smallest absolute Gasteiger partial charge is 0.254 e. The summed E-state index contributed by atoms with van der Waals surface area (Å²) in [5, 5.41) is 42.6. The van der Waals surface area contributed by atoms with Gasteiger partial charge < -0.3 is 65.4 Å². The van der Waals surface area contributed by atoms with E-state index >= 15 is 0 Å². The van der Waals surface area contributed by atoms with E-state index in [2.05, 4.69) is 89.4 Å². The van der Waals surface area contributed by atoms with Gasteiger partial charge in [0.05, 0.1) is 118 Å². The lowest BCUT2D eigenvalue weighted by Gasteiger charge is -2.39. The van der Waals surface area contributed by atoms with Crippen molar-refractivity contribution in [2.24, 2.45) is 20.0 Å². The van der Waals surface area contributed by atoms with Gasteiger partial charge >= 0.3 is 0 Å². The molecule has 17 heterocycles. The van der Waals surface area contributed by atoms with Gasteiger partial charge in [0.1, 0.15) is 22.9 Å². The lowest BCUT2D eigenvalue weighted by Crippen LogP contribution is -2.44. The van der Waals surface area contributed by atoms with Crippen LogP contribution in [0.2, 0.25) is 0 Å². The van der Waals surface area contributed by atoms with Gasteiger partial charge in [-0.2, -0.15) is 5.10 Å². The fraction of sp³-hybridized carbons (Fsp3) is 0.303. The number of hydrogen-bond donors (Lipinski definition) is 7. The number of aliphatic hydroxyl groups excluding tert-OH is 1. The van der Waals surface area contributed by atoms with Crippen LogP contribution in [0.15, 0.2) is 153 Å². The molecule has 0 aliphatic carbocycles. The van der Waals surface area contributed by atoms with E-state index in [1.165, 1.54) is 0 Å². The number of piperidine rings is 2. The third kappa shape index (κ3) is 11.7. The summed E-state index contributed by atoms with van der Waals surface area (Å²) >= 11 is 0. The summed E-state index contributed by atoms with van der Waals surface area (Å²) in [6.07, 6.45) is 26.9. The fourth-order valence-electron chi connectivity index (χ4n) is 15.6. The van der Waals surface area contributed by atoms with Gasteiger partial charge in [-0.25, -0.2) is 29.6 Å². The van der Waals surface area contributed by atoms with Crippen molar-refractivity contribution in [1.82, 2.24) is 74.2 Å². The third-order valence-corrected chi connectivity index (χ3v) is 21.1. The van der Waals surface area contributed by atoms with Crippen molar-refractivity contribution in [2.45, 2.75) is 89.4 Å². The number of aliphatic hydroxyl groups is 2. The molecule has 0 unspecified atom stereocenters. The molecule has 0 radical (unpaired) electrons. The lowest BCUT2D eigenvalue weighted by molar-refractivity contribution is 0.0110. The second kappa shape index (κ2) is 25.8. The van der Waals surface area contributed by atoms with Gasteiger partial charge in [-0.05, 0) is 129 Å². The molecule has 7 N–H and O–H groups in total. The highest BCUT2D eigenvalue weighted by Gasteiger charge is 2.40. The second-order valence-corrected chi connectivity index (χ2v) is 27.7. The molecular formula is C76H76N20O6. The summed E-state index contributed by atoms with van der Waals surface area (Å²) in [6.45, 7) is 10.2. The molecule has 26 heteroatoms. The number of aryl methyl sites for hydroxylation is 2. The number of pyridine rings is 5. The summed E-state index contributed by atoms with van der Waals surface area (Å²) in [5.41, 5.74) is 16.6. The monoisotopic (exact) mass is 1360 g/mol. The number of anilines is 7. The number of amides is 3. The molecule has 4 fully saturated rings. The van der Waals surface area contributed by atoms with Crippen molar-refractivity contribution < 1.29 is 29.3 Å². The fourth-order valence-corrected chi connectivity index (χ4v) is 15.6.